The summed E-state index contributed by atoms with van der Waals surface area (Å²) in [6.07, 6.45) is -1.08. The van der Waals surface area contributed by atoms with E-state index in [9.17, 15) is 18.0 Å². The summed E-state index contributed by atoms with van der Waals surface area (Å²) in [6.45, 7) is 5.45. The van der Waals surface area contributed by atoms with Gasteiger partial charge in [-0.15, -0.1) is 0 Å². The molecule has 1 amide bonds. The molecule has 0 radical (unpaired) electrons. The van der Waals surface area contributed by atoms with Gasteiger partial charge in [0.1, 0.15) is 0 Å². The number of hydrogen-bond donors (Lipinski definition) is 1. The molecule has 0 unspecified atom stereocenters. The number of nitrogens with one attached hydrogen (secondary N) is 1. The molecule has 0 spiro atoms. The molecule has 1 aromatic rings. The summed E-state index contributed by atoms with van der Waals surface area (Å²) in [6, 6.07) is 3.50. The second kappa shape index (κ2) is 10.0. The average Bonchev–Trinajstić information content (AvgIpc) is 2.60. The Balaban J connectivity index is 3.00. The maximum absolute atomic E-state index is 12.6. The molecule has 0 saturated heterocycles. The number of amides is 1. The van der Waals surface area contributed by atoms with Crippen molar-refractivity contribution in [2.75, 3.05) is 27.3 Å². The van der Waals surface area contributed by atoms with Crippen LogP contribution in [-0.2, 0) is 24.3 Å². The number of sulfonamides is 1. The molecule has 0 aromatic heterocycles. The van der Waals surface area contributed by atoms with Crippen LogP contribution in [-0.4, -0.2) is 64.1 Å². The third-order valence-corrected chi connectivity index (χ3v) is 6.18. The highest BCUT2D eigenvalue weighted by molar-refractivity contribution is 7.89. The molecule has 1 aromatic carbocycles. The third-order valence-electron chi connectivity index (χ3n) is 3.82. The molecule has 10 heteroatoms. The minimum Gasteiger partial charge on any atom is -0.449 e. The first-order chi connectivity index (χ1) is 12.5. The number of ether oxygens (including phenoxy) is 2. The summed E-state index contributed by atoms with van der Waals surface area (Å²) in [5, 5.41) is 2.57. The van der Waals surface area contributed by atoms with Crippen LogP contribution in [0.25, 0.3) is 0 Å². The molecule has 1 rings (SSSR count). The standard InChI is InChI=1S/C17H25ClN2O6S/c1-11(2)20(4)27(23,24)13-6-7-15(18)14(10-13)17(22)26-12(3)16(21)19-8-9-25-5/h6-7,10-12H,8-9H2,1-5H3,(H,19,21)/t12-/m1/s1. The fourth-order valence-corrected chi connectivity index (χ4v) is 3.55. The van der Waals surface area contributed by atoms with E-state index in [2.05, 4.69) is 5.32 Å². The Morgan fingerprint density at radius 3 is 2.44 bits per heavy atom. The van der Waals surface area contributed by atoms with Crippen LogP contribution >= 0.6 is 11.6 Å². The predicted octanol–water partition coefficient (Wildman–Crippen LogP) is 1.68. The van der Waals surface area contributed by atoms with Crippen LogP contribution in [0.1, 0.15) is 31.1 Å². The van der Waals surface area contributed by atoms with E-state index < -0.39 is 28.0 Å². The van der Waals surface area contributed by atoms with Gasteiger partial charge < -0.3 is 14.8 Å². The fraction of sp³-hybridized carbons (Fsp3) is 0.529. The predicted molar refractivity (Wildman–Crippen MR) is 101 cm³/mol. The van der Waals surface area contributed by atoms with Crippen LogP contribution in [0, 0.1) is 0 Å². The van der Waals surface area contributed by atoms with Crippen molar-refractivity contribution in [1.29, 1.82) is 0 Å². The van der Waals surface area contributed by atoms with E-state index in [1.54, 1.807) is 13.8 Å². The van der Waals surface area contributed by atoms with Crippen molar-refractivity contribution in [1.82, 2.24) is 9.62 Å². The van der Waals surface area contributed by atoms with Gasteiger partial charge in [-0.1, -0.05) is 11.6 Å². The van der Waals surface area contributed by atoms with Gasteiger partial charge in [0, 0.05) is 26.7 Å². The van der Waals surface area contributed by atoms with Crippen LogP contribution in [0.15, 0.2) is 23.1 Å². The summed E-state index contributed by atoms with van der Waals surface area (Å²) in [4.78, 5) is 24.2. The molecule has 152 valence electrons. The van der Waals surface area contributed by atoms with E-state index in [0.717, 1.165) is 6.07 Å². The lowest BCUT2D eigenvalue weighted by Gasteiger charge is -2.21. The molecule has 8 nitrogen and oxygen atoms in total. The van der Waals surface area contributed by atoms with E-state index in [1.165, 1.54) is 37.5 Å². The van der Waals surface area contributed by atoms with E-state index in [1.807, 2.05) is 0 Å². The second-order valence-corrected chi connectivity index (χ2v) is 8.49. The molecule has 0 aliphatic carbocycles. The van der Waals surface area contributed by atoms with E-state index in [-0.39, 0.29) is 28.1 Å². The van der Waals surface area contributed by atoms with Crippen LogP contribution in [0.2, 0.25) is 5.02 Å². The molecule has 0 fully saturated rings. The molecular weight excluding hydrogens is 396 g/mol. The largest absolute Gasteiger partial charge is 0.449 e. The molecular formula is C17H25ClN2O6S. The number of halogens is 1. The topological polar surface area (TPSA) is 102 Å². The zero-order chi connectivity index (χ0) is 20.8. The normalized spacial score (nSPS) is 12.9. The molecule has 1 N–H and O–H groups in total. The zero-order valence-electron chi connectivity index (χ0n) is 16.0. The number of rotatable bonds is 9. The summed E-state index contributed by atoms with van der Waals surface area (Å²) >= 11 is 6.02. The SMILES string of the molecule is COCCNC(=O)[C@@H](C)OC(=O)c1cc(S(=O)(=O)N(C)C(C)C)ccc1Cl. The van der Waals surface area contributed by atoms with E-state index in [0.29, 0.717) is 6.61 Å². The number of nitrogens with zero attached hydrogens (tertiary/aromatic N) is 1. The van der Waals surface area contributed by atoms with Gasteiger partial charge in [0.25, 0.3) is 5.91 Å². The first-order valence-electron chi connectivity index (χ1n) is 8.27. The molecule has 27 heavy (non-hydrogen) atoms. The van der Waals surface area contributed by atoms with Crippen molar-refractivity contribution >= 4 is 33.5 Å². The van der Waals surface area contributed by atoms with Crippen molar-refractivity contribution < 1.29 is 27.5 Å². The molecule has 0 heterocycles. The third kappa shape index (κ3) is 6.17. The summed E-state index contributed by atoms with van der Waals surface area (Å²) in [7, 11) is -0.858. The van der Waals surface area contributed by atoms with Gasteiger partial charge in [0.05, 0.1) is 22.1 Å². The minimum atomic E-state index is -3.80. The van der Waals surface area contributed by atoms with Crippen molar-refractivity contribution in [3.8, 4) is 0 Å². The quantitative estimate of drug-likeness (QED) is 0.481. The molecule has 0 bridgehead atoms. The lowest BCUT2D eigenvalue weighted by molar-refractivity contribution is -0.129. The van der Waals surface area contributed by atoms with Crippen molar-refractivity contribution in [3.63, 3.8) is 0 Å². The van der Waals surface area contributed by atoms with Crippen LogP contribution in [0.4, 0.5) is 0 Å². The van der Waals surface area contributed by atoms with Crippen LogP contribution < -0.4 is 5.32 Å². The van der Waals surface area contributed by atoms with E-state index >= 15 is 0 Å². The van der Waals surface area contributed by atoms with Gasteiger partial charge in [-0.2, -0.15) is 4.31 Å². The van der Waals surface area contributed by atoms with Gasteiger partial charge >= 0.3 is 5.97 Å². The number of carbonyl (C=O) groups excluding carboxylic acids is 2. The van der Waals surface area contributed by atoms with Crippen molar-refractivity contribution in [2.45, 2.75) is 37.8 Å². The van der Waals surface area contributed by atoms with Gasteiger partial charge in [-0.05, 0) is 39.0 Å². The Morgan fingerprint density at radius 1 is 1.26 bits per heavy atom. The maximum atomic E-state index is 12.6. The molecule has 1 atom stereocenters. The Morgan fingerprint density at radius 2 is 1.89 bits per heavy atom. The highest BCUT2D eigenvalue weighted by Gasteiger charge is 2.26. The smallest absolute Gasteiger partial charge is 0.340 e. The van der Waals surface area contributed by atoms with Crippen LogP contribution in [0.3, 0.4) is 0 Å². The van der Waals surface area contributed by atoms with Crippen molar-refractivity contribution in [2.24, 2.45) is 0 Å². The Bertz CT molecular complexity index is 782. The minimum absolute atomic E-state index is 0.0261. The highest BCUT2D eigenvalue weighted by atomic mass is 35.5. The Kier molecular flexibility index (Phi) is 8.67. The average molecular weight is 421 g/mol. The number of methoxy groups -OCH3 is 1. The Labute approximate surface area is 164 Å². The number of benzene rings is 1. The van der Waals surface area contributed by atoms with Gasteiger partial charge in [0.2, 0.25) is 10.0 Å². The molecule has 0 aliphatic rings. The van der Waals surface area contributed by atoms with Crippen LogP contribution in [0.5, 0.6) is 0 Å². The van der Waals surface area contributed by atoms with Crippen molar-refractivity contribution in [3.05, 3.63) is 28.8 Å². The second-order valence-electron chi connectivity index (χ2n) is 6.09. The molecule has 0 saturated carbocycles. The summed E-state index contributed by atoms with van der Waals surface area (Å²) in [5.74, 6) is -1.39. The van der Waals surface area contributed by atoms with Gasteiger partial charge in [-0.3, -0.25) is 4.79 Å². The fourth-order valence-electron chi connectivity index (χ4n) is 1.96. The molecule has 0 aliphatic heterocycles. The summed E-state index contributed by atoms with van der Waals surface area (Å²) < 4.78 is 36.3. The number of esters is 1. The maximum Gasteiger partial charge on any atom is 0.340 e. The van der Waals surface area contributed by atoms with Gasteiger partial charge in [0.15, 0.2) is 6.10 Å². The lowest BCUT2D eigenvalue weighted by Crippen LogP contribution is -2.37. The zero-order valence-corrected chi connectivity index (χ0v) is 17.6. The number of hydrogen-bond acceptors (Lipinski definition) is 6. The highest BCUT2D eigenvalue weighted by Crippen LogP contribution is 2.24. The summed E-state index contributed by atoms with van der Waals surface area (Å²) in [5.41, 5.74) is -0.133. The first kappa shape index (κ1) is 23.4. The lowest BCUT2D eigenvalue weighted by atomic mass is 10.2. The monoisotopic (exact) mass is 420 g/mol. The number of carbonyl (C=O) groups is 2. The Hall–Kier alpha value is -1.68. The van der Waals surface area contributed by atoms with E-state index in [4.69, 9.17) is 21.1 Å². The van der Waals surface area contributed by atoms with Gasteiger partial charge in [-0.25, -0.2) is 13.2 Å². The first-order valence-corrected chi connectivity index (χ1v) is 10.1.